The van der Waals surface area contributed by atoms with Gasteiger partial charge in [-0.15, -0.1) is 0 Å². The zero-order chi connectivity index (χ0) is 11.7. The average Bonchev–Trinajstić information content (AvgIpc) is 2.20. The van der Waals surface area contributed by atoms with E-state index in [4.69, 9.17) is 17.3 Å². The van der Waals surface area contributed by atoms with E-state index in [2.05, 4.69) is 32.8 Å². The lowest BCUT2D eigenvalue weighted by Gasteiger charge is -2.06. The first-order chi connectivity index (χ1) is 7.61. The number of fused-ring (bicyclic) bond motifs is 1. The van der Waals surface area contributed by atoms with Gasteiger partial charge >= 0.3 is 0 Å². The van der Waals surface area contributed by atoms with Crippen molar-refractivity contribution in [2.45, 2.75) is 19.8 Å². The molecule has 2 rings (SSSR count). The van der Waals surface area contributed by atoms with Crippen LogP contribution in [0.5, 0.6) is 0 Å². The van der Waals surface area contributed by atoms with Crippen LogP contribution in [-0.4, -0.2) is 9.97 Å². The fourth-order valence-corrected chi connectivity index (χ4v) is 2.46. The molecule has 16 heavy (non-hydrogen) atoms. The summed E-state index contributed by atoms with van der Waals surface area (Å²) in [4.78, 5) is 8.73. The average molecular weight is 301 g/mol. The number of rotatable bonds is 2. The summed E-state index contributed by atoms with van der Waals surface area (Å²) >= 11 is 9.39. The lowest BCUT2D eigenvalue weighted by Crippen LogP contribution is -2.01. The van der Waals surface area contributed by atoms with E-state index < -0.39 is 0 Å². The summed E-state index contributed by atoms with van der Waals surface area (Å²) in [5, 5.41) is 1.41. The van der Waals surface area contributed by atoms with Crippen molar-refractivity contribution >= 4 is 44.3 Å². The summed E-state index contributed by atoms with van der Waals surface area (Å²) < 4.78 is 0.849. The number of halogens is 2. The molecule has 0 aliphatic rings. The highest BCUT2D eigenvalue weighted by Crippen LogP contribution is 2.29. The van der Waals surface area contributed by atoms with Gasteiger partial charge in [0.05, 0.1) is 5.52 Å². The molecule has 1 aromatic heterocycles. The monoisotopic (exact) mass is 299 g/mol. The topological polar surface area (TPSA) is 51.8 Å². The minimum Gasteiger partial charge on any atom is -0.383 e. The van der Waals surface area contributed by atoms with Crippen LogP contribution in [0.4, 0.5) is 5.82 Å². The van der Waals surface area contributed by atoms with Gasteiger partial charge in [0.15, 0.2) is 0 Å². The van der Waals surface area contributed by atoms with Gasteiger partial charge in [-0.3, -0.25) is 0 Å². The highest BCUT2D eigenvalue weighted by Gasteiger charge is 2.08. The Hall–Kier alpha value is -0.870. The first kappa shape index (κ1) is 11.6. The predicted molar refractivity (Wildman–Crippen MR) is 70.7 cm³/mol. The van der Waals surface area contributed by atoms with E-state index in [-0.39, 0.29) is 0 Å². The fourth-order valence-electron chi connectivity index (χ4n) is 1.56. The predicted octanol–water partition coefficient (Wildman–Crippen LogP) is 3.58. The normalized spacial score (nSPS) is 10.9. The summed E-state index contributed by atoms with van der Waals surface area (Å²) in [6, 6.07) is 3.60. The Morgan fingerprint density at radius 1 is 1.38 bits per heavy atom. The van der Waals surface area contributed by atoms with Gasteiger partial charge in [0.25, 0.3) is 0 Å². The van der Waals surface area contributed by atoms with Gasteiger partial charge in [0.2, 0.25) is 0 Å². The number of nitrogens with two attached hydrogens (primary N) is 1. The molecule has 0 spiro atoms. The first-order valence-corrected chi connectivity index (χ1v) is 6.20. The zero-order valence-electron chi connectivity index (χ0n) is 8.80. The van der Waals surface area contributed by atoms with E-state index in [0.29, 0.717) is 10.8 Å². The van der Waals surface area contributed by atoms with Crippen LogP contribution in [0.15, 0.2) is 16.6 Å². The van der Waals surface area contributed by atoms with Crippen LogP contribution in [0.2, 0.25) is 5.02 Å². The minimum atomic E-state index is 0.483. The maximum Gasteiger partial charge on any atom is 0.135 e. The van der Waals surface area contributed by atoms with Crippen LogP contribution in [0.1, 0.15) is 19.2 Å². The standard InChI is InChI=1S/C11H11BrClN3/c1-2-3-9-15-10-7(11(14)16-9)4-6(13)5-8(10)12/h4-5H,2-3H2,1H3,(H2,14,15,16). The van der Waals surface area contributed by atoms with Crippen molar-refractivity contribution in [1.29, 1.82) is 0 Å². The van der Waals surface area contributed by atoms with Crippen molar-refractivity contribution in [3.63, 3.8) is 0 Å². The molecule has 0 radical (unpaired) electrons. The minimum absolute atomic E-state index is 0.483. The van der Waals surface area contributed by atoms with Gasteiger partial charge in [-0.2, -0.15) is 0 Å². The second kappa shape index (κ2) is 4.55. The number of anilines is 1. The van der Waals surface area contributed by atoms with Crippen LogP contribution in [0, 0.1) is 0 Å². The van der Waals surface area contributed by atoms with Gasteiger partial charge in [0, 0.05) is 21.3 Å². The fraction of sp³-hybridized carbons (Fsp3) is 0.273. The number of aromatic nitrogens is 2. The molecule has 0 fully saturated rings. The molecule has 0 saturated heterocycles. The van der Waals surface area contributed by atoms with Crippen molar-refractivity contribution in [3.05, 3.63) is 27.5 Å². The summed E-state index contributed by atoms with van der Waals surface area (Å²) in [7, 11) is 0. The van der Waals surface area contributed by atoms with Crippen LogP contribution in [0.25, 0.3) is 10.9 Å². The molecular weight excluding hydrogens is 289 g/mol. The lowest BCUT2D eigenvalue weighted by molar-refractivity contribution is 0.846. The van der Waals surface area contributed by atoms with E-state index in [9.17, 15) is 0 Å². The molecule has 0 bridgehead atoms. The molecule has 0 atom stereocenters. The molecule has 2 N–H and O–H groups in total. The summed E-state index contributed by atoms with van der Waals surface area (Å²) in [5.74, 6) is 1.26. The third-order valence-electron chi connectivity index (χ3n) is 2.27. The zero-order valence-corrected chi connectivity index (χ0v) is 11.1. The molecule has 1 aromatic carbocycles. The summed E-state index contributed by atoms with van der Waals surface area (Å²) in [6.45, 7) is 2.08. The number of nitrogens with zero attached hydrogens (tertiary/aromatic N) is 2. The van der Waals surface area contributed by atoms with Gasteiger partial charge in [0.1, 0.15) is 11.6 Å². The SMILES string of the molecule is CCCc1nc(N)c2cc(Cl)cc(Br)c2n1. The molecule has 84 valence electrons. The highest BCUT2D eigenvalue weighted by atomic mass is 79.9. The van der Waals surface area contributed by atoms with E-state index in [0.717, 1.165) is 34.0 Å². The molecule has 2 aromatic rings. The third-order valence-corrected chi connectivity index (χ3v) is 3.09. The molecule has 0 aliphatic heterocycles. The third kappa shape index (κ3) is 2.13. The van der Waals surface area contributed by atoms with Crippen LogP contribution in [-0.2, 0) is 6.42 Å². The van der Waals surface area contributed by atoms with Crippen LogP contribution >= 0.6 is 27.5 Å². The molecule has 0 amide bonds. The molecule has 5 heteroatoms. The molecule has 3 nitrogen and oxygen atoms in total. The quantitative estimate of drug-likeness (QED) is 0.922. The Bertz CT molecular complexity index is 542. The van der Waals surface area contributed by atoms with E-state index in [1.165, 1.54) is 0 Å². The van der Waals surface area contributed by atoms with Crippen molar-refractivity contribution in [2.24, 2.45) is 0 Å². The molecular formula is C11H11BrClN3. The summed E-state index contributed by atoms with van der Waals surface area (Å²) in [5.41, 5.74) is 6.71. The van der Waals surface area contributed by atoms with Gasteiger partial charge in [-0.25, -0.2) is 9.97 Å². The number of aryl methyl sites for hydroxylation is 1. The van der Waals surface area contributed by atoms with Gasteiger partial charge in [-0.05, 0) is 34.5 Å². The second-order valence-corrected chi connectivity index (χ2v) is 4.85. The van der Waals surface area contributed by atoms with Crippen molar-refractivity contribution in [1.82, 2.24) is 9.97 Å². The summed E-state index contributed by atoms with van der Waals surface area (Å²) in [6.07, 6.45) is 1.82. The van der Waals surface area contributed by atoms with Crippen LogP contribution in [0.3, 0.4) is 0 Å². The Morgan fingerprint density at radius 2 is 2.12 bits per heavy atom. The Labute approximate surface area is 107 Å². The van der Waals surface area contributed by atoms with E-state index >= 15 is 0 Å². The second-order valence-electron chi connectivity index (χ2n) is 3.56. The Morgan fingerprint density at radius 3 is 2.81 bits per heavy atom. The largest absolute Gasteiger partial charge is 0.383 e. The number of hydrogen-bond donors (Lipinski definition) is 1. The Kier molecular flexibility index (Phi) is 3.30. The number of hydrogen-bond acceptors (Lipinski definition) is 3. The van der Waals surface area contributed by atoms with Crippen molar-refractivity contribution in [3.8, 4) is 0 Å². The Balaban J connectivity index is 2.71. The molecule has 0 saturated carbocycles. The smallest absolute Gasteiger partial charge is 0.135 e. The van der Waals surface area contributed by atoms with E-state index in [1.807, 2.05) is 6.07 Å². The van der Waals surface area contributed by atoms with E-state index in [1.54, 1.807) is 6.07 Å². The van der Waals surface area contributed by atoms with Gasteiger partial charge < -0.3 is 5.73 Å². The molecule has 0 unspecified atom stereocenters. The van der Waals surface area contributed by atoms with Crippen molar-refractivity contribution < 1.29 is 0 Å². The maximum atomic E-state index is 5.96. The number of nitrogen functional groups attached to an aromatic ring is 1. The highest BCUT2D eigenvalue weighted by molar-refractivity contribution is 9.10. The van der Waals surface area contributed by atoms with Crippen molar-refractivity contribution in [2.75, 3.05) is 5.73 Å². The molecule has 1 heterocycles. The maximum absolute atomic E-state index is 5.96. The first-order valence-electron chi connectivity index (χ1n) is 5.03. The molecule has 0 aliphatic carbocycles. The van der Waals surface area contributed by atoms with Crippen LogP contribution < -0.4 is 5.73 Å². The van der Waals surface area contributed by atoms with Gasteiger partial charge in [-0.1, -0.05) is 18.5 Å². The lowest BCUT2D eigenvalue weighted by atomic mass is 10.2. The number of benzene rings is 1.